The number of rotatable bonds is 5. The maximum Gasteiger partial charge on any atom is 0.255 e. The standard InChI is InChI=1S/C21H23N3O4S/c1-13-17(26-2)10-14(11-18(13)27-3)20(25)22-15-4-5-16-19(12-15)29-21(23-16)24-6-8-28-9-7-24/h4-5,10-12H,6-9H2,1-3H3,(H,22,25). The van der Waals surface area contributed by atoms with Crippen molar-refractivity contribution in [2.45, 2.75) is 6.92 Å². The van der Waals surface area contributed by atoms with Crippen molar-refractivity contribution in [1.82, 2.24) is 4.98 Å². The first-order valence-corrected chi connectivity index (χ1v) is 10.2. The molecule has 152 valence electrons. The van der Waals surface area contributed by atoms with Gasteiger partial charge in [0.1, 0.15) is 11.5 Å². The number of nitrogens with one attached hydrogen (secondary N) is 1. The third kappa shape index (κ3) is 3.99. The molecule has 2 aromatic carbocycles. The van der Waals surface area contributed by atoms with Gasteiger partial charge in [-0.25, -0.2) is 4.98 Å². The molecule has 8 heteroatoms. The van der Waals surface area contributed by atoms with Crippen LogP contribution in [0.15, 0.2) is 30.3 Å². The summed E-state index contributed by atoms with van der Waals surface area (Å²) >= 11 is 1.62. The zero-order valence-corrected chi connectivity index (χ0v) is 17.5. The number of hydrogen-bond donors (Lipinski definition) is 1. The Morgan fingerprint density at radius 1 is 1.14 bits per heavy atom. The van der Waals surface area contributed by atoms with Crippen molar-refractivity contribution in [3.05, 3.63) is 41.5 Å². The Morgan fingerprint density at radius 2 is 1.83 bits per heavy atom. The van der Waals surface area contributed by atoms with E-state index < -0.39 is 0 Å². The molecule has 0 spiro atoms. The lowest BCUT2D eigenvalue weighted by Crippen LogP contribution is -2.36. The van der Waals surface area contributed by atoms with E-state index in [9.17, 15) is 4.79 Å². The molecule has 3 aromatic rings. The average Bonchev–Trinajstić information content (AvgIpc) is 3.18. The number of nitrogens with zero attached hydrogens (tertiary/aromatic N) is 2. The summed E-state index contributed by atoms with van der Waals surface area (Å²) in [7, 11) is 3.15. The lowest BCUT2D eigenvalue weighted by atomic mass is 10.1. The van der Waals surface area contributed by atoms with Gasteiger partial charge in [-0.1, -0.05) is 11.3 Å². The third-order valence-electron chi connectivity index (χ3n) is 4.93. The quantitative estimate of drug-likeness (QED) is 0.687. The number of benzene rings is 2. The number of morpholine rings is 1. The summed E-state index contributed by atoms with van der Waals surface area (Å²) in [5.41, 5.74) is 2.97. The highest BCUT2D eigenvalue weighted by Crippen LogP contribution is 2.32. The van der Waals surface area contributed by atoms with E-state index in [1.54, 1.807) is 37.7 Å². The molecular formula is C21H23N3O4S. The summed E-state index contributed by atoms with van der Waals surface area (Å²) in [5, 5.41) is 3.94. The largest absolute Gasteiger partial charge is 0.496 e. The van der Waals surface area contributed by atoms with E-state index in [0.29, 0.717) is 17.1 Å². The lowest BCUT2D eigenvalue weighted by molar-refractivity contribution is 0.102. The molecule has 1 amide bonds. The highest BCUT2D eigenvalue weighted by atomic mass is 32.1. The van der Waals surface area contributed by atoms with Crippen LogP contribution in [0.5, 0.6) is 11.5 Å². The van der Waals surface area contributed by atoms with Crippen LogP contribution in [0.4, 0.5) is 10.8 Å². The Morgan fingerprint density at radius 3 is 2.48 bits per heavy atom. The van der Waals surface area contributed by atoms with Gasteiger partial charge in [0.25, 0.3) is 5.91 Å². The highest BCUT2D eigenvalue weighted by molar-refractivity contribution is 7.22. The van der Waals surface area contributed by atoms with Crippen molar-refractivity contribution in [3.63, 3.8) is 0 Å². The maximum absolute atomic E-state index is 12.8. The molecule has 0 atom stereocenters. The Hall–Kier alpha value is -2.84. The first kappa shape index (κ1) is 19.5. The van der Waals surface area contributed by atoms with Crippen LogP contribution in [-0.4, -0.2) is 51.4 Å². The van der Waals surface area contributed by atoms with Gasteiger partial charge >= 0.3 is 0 Å². The van der Waals surface area contributed by atoms with Crippen molar-refractivity contribution >= 4 is 38.3 Å². The number of carbonyl (C=O) groups excluding carboxylic acids is 1. The van der Waals surface area contributed by atoms with Crippen LogP contribution < -0.4 is 19.7 Å². The van der Waals surface area contributed by atoms with Crippen LogP contribution in [0.25, 0.3) is 10.2 Å². The van der Waals surface area contributed by atoms with Gasteiger partial charge in [-0.05, 0) is 37.3 Å². The second-order valence-corrected chi connectivity index (χ2v) is 7.75. The van der Waals surface area contributed by atoms with Crippen LogP contribution in [0.3, 0.4) is 0 Å². The Kier molecular flexibility index (Phi) is 5.55. The Bertz CT molecular complexity index is 1020. The summed E-state index contributed by atoms with van der Waals surface area (Å²) < 4.78 is 17.2. The van der Waals surface area contributed by atoms with E-state index in [1.807, 2.05) is 25.1 Å². The molecule has 0 unspecified atom stereocenters. The Balaban J connectivity index is 1.56. The Labute approximate surface area is 173 Å². The number of methoxy groups -OCH3 is 2. The van der Waals surface area contributed by atoms with Crippen LogP contribution in [0.1, 0.15) is 15.9 Å². The van der Waals surface area contributed by atoms with Crippen molar-refractivity contribution in [1.29, 1.82) is 0 Å². The SMILES string of the molecule is COc1cc(C(=O)Nc2ccc3nc(N4CCOCC4)sc3c2)cc(OC)c1C. The number of carbonyl (C=O) groups is 1. The first-order chi connectivity index (χ1) is 14.1. The molecule has 4 rings (SSSR count). The summed E-state index contributed by atoms with van der Waals surface area (Å²) in [6, 6.07) is 9.19. The van der Waals surface area contributed by atoms with E-state index in [4.69, 9.17) is 19.2 Å². The highest BCUT2D eigenvalue weighted by Gasteiger charge is 2.17. The number of thiazole rings is 1. The van der Waals surface area contributed by atoms with Crippen molar-refractivity contribution in [2.24, 2.45) is 0 Å². The maximum atomic E-state index is 12.8. The molecule has 1 aliphatic heterocycles. The van der Waals surface area contributed by atoms with Gasteiger partial charge in [-0.15, -0.1) is 0 Å². The van der Waals surface area contributed by atoms with Crippen LogP contribution in [0, 0.1) is 6.92 Å². The predicted octanol–water partition coefficient (Wildman–Crippen LogP) is 3.71. The molecule has 2 heterocycles. The van der Waals surface area contributed by atoms with Gasteiger partial charge in [-0.2, -0.15) is 0 Å². The monoisotopic (exact) mass is 413 g/mol. The van der Waals surface area contributed by atoms with Gasteiger partial charge in [0.2, 0.25) is 0 Å². The fraction of sp³-hybridized carbons (Fsp3) is 0.333. The van der Waals surface area contributed by atoms with Gasteiger partial charge in [-0.3, -0.25) is 4.79 Å². The van der Waals surface area contributed by atoms with E-state index in [0.717, 1.165) is 52.9 Å². The fourth-order valence-electron chi connectivity index (χ4n) is 3.30. The van der Waals surface area contributed by atoms with Crippen molar-refractivity contribution < 1.29 is 19.0 Å². The molecule has 1 N–H and O–H groups in total. The molecule has 29 heavy (non-hydrogen) atoms. The van der Waals surface area contributed by atoms with E-state index in [2.05, 4.69) is 10.2 Å². The van der Waals surface area contributed by atoms with E-state index >= 15 is 0 Å². The van der Waals surface area contributed by atoms with Crippen LogP contribution >= 0.6 is 11.3 Å². The zero-order chi connectivity index (χ0) is 20.4. The van der Waals surface area contributed by atoms with Gasteiger partial charge in [0, 0.05) is 29.9 Å². The minimum Gasteiger partial charge on any atom is -0.496 e. The van der Waals surface area contributed by atoms with E-state index in [-0.39, 0.29) is 5.91 Å². The van der Waals surface area contributed by atoms with Gasteiger partial charge in [0.15, 0.2) is 5.13 Å². The second kappa shape index (κ2) is 8.26. The third-order valence-corrected chi connectivity index (χ3v) is 6.01. The lowest BCUT2D eigenvalue weighted by Gasteiger charge is -2.25. The summed E-state index contributed by atoms with van der Waals surface area (Å²) in [6.07, 6.45) is 0. The summed E-state index contributed by atoms with van der Waals surface area (Å²) in [5.74, 6) is 1.00. The molecule has 0 saturated carbocycles. The van der Waals surface area contributed by atoms with Crippen LogP contribution in [-0.2, 0) is 4.74 Å². The van der Waals surface area contributed by atoms with E-state index in [1.165, 1.54) is 0 Å². The molecule has 0 bridgehead atoms. The molecule has 0 radical (unpaired) electrons. The first-order valence-electron chi connectivity index (χ1n) is 9.36. The fourth-order valence-corrected chi connectivity index (χ4v) is 4.36. The number of hydrogen-bond acceptors (Lipinski definition) is 7. The molecule has 7 nitrogen and oxygen atoms in total. The van der Waals surface area contributed by atoms with Crippen LogP contribution in [0.2, 0.25) is 0 Å². The van der Waals surface area contributed by atoms with Crippen molar-refractivity contribution in [3.8, 4) is 11.5 Å². The number of ether oxygens (including phenoxy) is 3. The molecule has 1 saturated heterocycles. The summed E-state index contributed by atoms with van der Waals surface area (Å²) in [4.78, 5) is 19.7. The molecule has 1 aromatic heterocycles. The zero-order valence-electron chi connectivity index (χ0n) is 16.7. The van der Waals surface area contributed by atoms with Gasteiger partial charge < -0.3 is 24.4 Å². The number of aromatic nitrogens is 1. The number of fused-ring (bicyclic) bond motifs is 1. The molecular weight excluding hydrogens is 390 g/mol. The molecule has 0 aliphatic carbocycles. The predicted molar refractivity (Wildman–Crippen MR) is 115 cm³/mol. The average molecular weight is 413 g/mol. The van der Waals surface area contributed by atoms with Gasteiger partial charge in [0.05, 0.1) is 37.6 Å². The number of anilines is 2. The summed E-state index contributed by atoms with van der Waals surface area (Å²) in [6.45, 7) is 5.03. The minimum atomic E-state index is -0.223. The number of amides is 1. The van der Waals surface area contributed by atoms with Crippen molar-refractivity contribution in [2.75, 3.05) is 50.7 Å². The molecule has 1 fully saturated rings. The smallest absolute Gasteiger partial charge is 0.255 e. The normalized spacial score (nSPS) is 14.1. The minimum absolute atomic E-state index is 0.223. The second-order valence-electron chi connectivity index (χ2n) is 6.74. The molecule has 1 aliphatic rings. The topological polar surface area (TPSA) is 72.9 Å².